The van der Waals surface area contributed by atoms with Crippen LogP contribution in [0.2, 0.25) is 0 Å². The number of aryl methyl sites for hydroxylation is 1. The van der Waals surface area contributed by atoms with E-state index in [9.17, 15) is 9.59 Å². The van der Waals surface area contributed by atoms with Crippen molar-refractivity contribution in [3.63, 3.8) is 0 Å². The van der Waals surface area contributed by atoms with Gasteiger partial charge in [0.25, 0.3) is 5.91 Å². The molecule has 6 heteroatoms. The van der Waals surface area contributed by atoms with Crippen molar-refractivity contribution < 1.29 is 9.59 Å². The fourth-order valence-electron chi connectivity index (χ4n) is 2.93. The predicted molar refractivity (Wildman–Crippen MR) is 92.1 cm³/mol. The largest absolute Gasteiger partial charge is 0.345 e. The van der Waals surface area contributed by atoms with E-state index in [1.54, 1.807) is 18.5 Å². The Morgan fingerprint density at radius 1 is 1.12 bits per heavy atom. The molecule has 1 aliphatic heterocycles. The van der Waals surface area contributed by atoms with Crippen molar-refractivity contribution in [3.8, 4) is 0 Å². The zero-order valence-electron chi connectivity index (χ0n) is 12.9. The number of carbonyl (C=O) groups excluding carboxylic acids is 2. The Hall–Kier alpha value is -3.15. The number of rotatable bonds is 2. The summed E-state index contributed by atoms with van der Waals surface area (Å²) in [6, 6.07) is 10.9. The summed E-state index contributed by atoms with van der Waals surface area (Å²) in [5.74, 6) is -0.147. The number of fused-ring (bicyclic) bond motifs is 2. The first-order valence-electron chi connectivity index (χ1n) is 7.86. The van der Waals surface area contributed by atoms with Crippen LogP contribution >= 0.6 is 0 Å². The van der Waals surface area contributed by atoms with Gasteiger partial charge in [0, 0.05) is 23.4 Å². The first-order chi connectivity index (χ1) is 11.7. The number of benzene rings is 2. The number of imidazole rings is 1. The van der Waals surface area contributed by atoms with E-state index in [1.807, 2.05) is 24.3 Å². The molecule has 0 saturated carbocycles. The van der Waals surface area contributed by atoms with Crippen LogP contribution in [-0.4, -0.2) is 21.8 Å². The third-order valence-corrected chi connectivity index (χ3v) is 4.17. The lowest BCUT2D eigenvalue weighted by molar-refractivity contribution is -0.116. The highest BCUT2D eigenvalue weighted by Gasteiger charge is 2.15. The van der Waals surface area contributed by atoms with E-state index in [2.05, 4.69) is 20.6 Å². The molecule has 2 aromatic carbocycles. The number of anilines is 2. The molecule has 3 N–H and O–H groups in total. The van der Waals surface area contributed by atoms with Gasteiger partial charge in [0.1, 0.15) is 0 Å². The number of aromatic nitrogens is 2. The lowest BCUT2D eigenvalue weighted by Gasteiger charge is -2.10. The van der Waals surface area contributed by atoms with Gasteiger partial charge in [0.2, 0.25) is 5.91 Å². The second-order valence-electron chi connectivity index (χ2n) is 5.86. The Morgan fingerprint density at radius 2 is 2.04 bits per heavy atom. The number of nitrogens with one attached hydrogen (secondary N) is 3. The number of H-pyrrole nitrogens is 1. The normalized spacial score (nSPS) is 13.9. The summed E-state index contributed by atoms with van der Waals surface area (Å²) in [4.78, 5) is 31.3. The molecule has 0 radical (unpaired) electrons. The number of nitrogens with zero attached hydrogens (tertiary/aromatic N) is 1. The van der Waals surface area contributed by atoms with Crippen molar-refractivity contribution in [3.05, 3.63) is 53.9 Å². The smallest absolute Gasteiger partial charge is 0.255 e. The Labute approximate surface area is 138 Å². The van der Waals surface area contributed by atoms with Crippen LogP contribution in [0.1, 0.15) is 28.8 Å². The summed E-state index contributed by atoms with van der Waals surface area (Å²) in [5, 5.41) is 5.77. The van der Waals surface area contributed by atoms with Crippen molar-refractivity contribution in [2.24, 2.45) is 0 Å². The van der Waals surface area contributed by atoms with Crippen molar-refractivity contribution in [1.29, 1.82) is 0 Å². The highest BCUT2D eigenvalue weighted by molar-refractivity contribution is 6.05. The topological polar surface area (TPSA) is 86.9 Å². The Morgan fingerprint density at radius 3 is 2.96 bits per heavy atom. The van der Waals surface area contributed by atoms with Crippen LogP contribution in [0.3, 0.4) is 0 Å². The molecule has 0 saturated heterocycles. The Bertz CT molecular complexity index is 945. The van der Waals surface area contributed by atoms with E-state index in [4.69, 9.17) is 0 Å². The summed E-state index contributed by atoms with van der Waals surface area (Å²) < 4.78 is 0. The zero-order valence-corrected chi connectivity index (χ0v) is 12.9. The number of hydrogen-bond donors (Lipinski definition) is 3. The molecule has 0 aliphatic carbocycles. The number of aromatic amines is 1. The SMILES string of the molecule is O=C1CCCc2cc(C(=O)Nc3ccc4nc[nH]c4c3)ccc2N1. The highest BCUT2D eigenvalue weighted by atomic mass is 16.2. The first kappa shape index (κ1) is 14.4. The maximum Gasteiger partial charge on any atom is 0.255 e. The second kappa shape index (κ2) is 5.81. The maximum atomic E-state index is 12.5. The van der Waals surface area contributed by atoms with E-state index in [-0.39, 0.29) is 11.8 Å². The van der Waals surface area contributed by atoms with Gasteiger partial charge in [-0.2, -0.15) is 0 Å². The Balaban J connectivity index is 1.57. The van der Waals surface area contributed by atoms with Gasteiger partial charge in [-0.15, -0.1) is 0 Å². The maximum absolute atomic E-state index is 12.5. The van der Waals surface area contributed by atoms with E-state index in [1.165, 1.54) is 0 Å². The minimum Gasteiger partial charge on any atom is -0.345 e. The summed E-state index contributed by atoms with van der Waals surface area (Å²) >= 11 is 0. The fourth-order valence-corrected chi connectivity index (χ4v) is 2.93. The summed E-state index contributed by atoms with van der Waals surface area (Å²) in [7, 11) is 0. The molecular weight excluding hydrogens is 304 g/mol. The monoisotopic (exact) mass is 320 g/mol. The molecule has 4 rings (SSSR count). The van der Waals surface area contributed by atoms with Crippen LogP contribution in [0, 0.1) is 0 Å². The molecule has 120 valence electrons. The van der Waals surface area contributed by atoms with Crippen LogP contribution in [0.4, 0.5) is 11.4 Å². The third-order valence-electron chi connectivity index (χ3n) is 4.17. The predicted octanol–water partition coefficient (Wildman–Crippen LogP) is 3.09. The van der Waals surface area contributed by atoms with Crippen LogP contribution in [-0.2, 0) is 11.2 Å². The molecule has 1 aromatic heterocycles. The van der Waals surface area contributed by atoms with Crippen LogP contribution in [0.25, 0.3) is 11.0 Å². The van der Waals surface area contributed by atoms with Crippen molar-refractivity contribution in [2.75, 3.05) is 10.6 Å². The lowest BCUT2D eigenvalue weighted by atomic mass is 10.0. The second-order valence-corrected chi connectivity index (χ2v) is 5.86. The van der Waals surface area contributed by atoms with Crippen LogP contribution < -0.4 is 10.6 Å². The number of amides is 2. The molecule has 3 aromatic rings. The average molecular weight is 320 g/mol. The van der Waals surface area contributed by atoms with Gasteiger partial charge in [0.15, 0.2) is 0 Å². The van der Waals surface area contributed by atoms with Gasteiger partial charge in [-0.25, -0.2) is 4.98 Å². The van der Waals surface area contributed by atoms with Crippen molar-refractivity contribution in [1.82, 2.24) is 9.97 Å². The summed E-state index contributed by atoms with van der Waals surface area (Å²) in [6.45, 7) is 0. The fraction of sp³-hybridized carbons (Fsp3) is 0.167. The molecule has 24 heavy (non-hydrogen) atoms. The molecule has 0 unspecified atom stereocenters. The molecule has 2 heterocycles. The standard InChI is InChI=1S/C18H16N4O2/c23-17-3-1-2-11-8-12(4-6-14(11)22-17)18(24)21-13-5-7-15-16(9-13)20-10-19-15/h4-10H,1-3H2,(H,19,20)(H,21,24)(H,22,23). The van der Waals surface area contributed by atoms with Gasteiger partial charge >= 0.3 is 0 Å². The summed E-state index contributed by atoms with van der Waals surface area (Å²) in [6.07, 6.45) is 3.72. The molecule has 2 amide bonds. The molecule has 1 aliphatic rings. The van der Waals surface area contributed by atoms with Gasteiger partial charge in [-0.3, -0.25) is 9.59 Å². The minimum absolute atomic E-state index is 0.0267. The van der Waals surface area contributed by atoms with Gasteiger partial charge < -0.3 is 15.6 Å². The Kier molecular flexibility index (Phi) is 3.49. The number of carbonyl (C=O) groups is 2. The molecule has 0 bridgehead atoms. The van der Waals surface area contributed by atoms with E-state index < -0.39 is 0 Å². The van der Waals surface area contributed by atoms with Crippen molar-refractivity contribution in [2.45, 2.75) is 19.3 Å². The highest BCUT2D eigenvalue weighted by Crippen LogP contribution is 2.24. The van der Waals surface area contributed by atoms with Gasteiger partial charge in [-0.1, -0.05) is 0 Å². The molecule has 6 nitrogen and oxygen atoms in total. The van der Waals surface area contributed by atoms with E-state index in [0.29, 0.717) is 17.7 Å². The molecule has 0 atom stereocenters. The van der Waals surface area contributed by atoms with Gasteiger partial charge in [0.05, 0.1) is 17.4 Å². The van der Waals surface area contributed by atoms with E-state index in [0.717, 1.165) is 35.1 Å². The third kappa shape index (κ3) is 2.74. The van der Waals surface area contributed by atoms with Crippen LogP contribution in [0.5, 0.6) is 0 Å². The van der Waals surface area contributed by atoms with E-state index >= 15 is 0 Å². The first-order valence-corrected chi connectivity index (χ1v) is 7.86. The molecule has 0 spiro atoms. The lowest BCUT2D eigenvalue weighted by Crippen LogP contribution is -2.13. The zero-order chi connectivity index (χ0) is 16.5. The van der Waals surface area contributed by atoms with Crippen molar-refractivity contribution >= 4 is 34.2 Å². The number of hydrogen-bond acceptors (Lipinski definition) is 3. The molecular formula is C18H16N4O2. The minimum atomic E-state index is -0.174. The average Bonchev–Trinajstić information content (AvgIpc) is 2.95. The van der Waals surface area contributed by atoms with Gasteiger partial charge in [-0.05, 0) is 54.8 Å². The molecule has 0 fully saturated rings. The quantitative estimate of drug-likeness (QED) is 0.678. The van der Waals surface area contributed by atoms with Crippen LogP contribution in [0.15, 0.2) is 42.7 Å². The summed E-state index contributed by atoms with van der Waals surface area (Å²) in [5.41, 5.74) is 4.81.